The molecule has 0 radical (unpaired) electrons. The van der Waals surface area contributed by atoms with Gasteiger partial charge >= 0.3 is 0 Å². The van der Waals surface area contributed by atoms with Crippen LogP contribution in [0, 0.1) is 13.8 Å². The number of nitrogens with one attached hydrogen (secondary N) is 1. The maximum Gasteiger partial charge on any atom is 0.250 e. The van der Waals surface area contributed by atoms with Gasteiger partial charge in [0.05, 0.1) is 17.1 Å². The van der Waals surface area contributed by atoms with Gasteiger partial charge in [-0.2, -0.15) is 4.98 Å². The molecule has 0 aliphatic heterocycles. The van der Waals surface area contributed by atoms with Crippen molar-refractivity contribution in [2.75, 3.05) is 5.32 Å². The second kappa shape index (κ2) is 7.64. The van der Waals surface area contributed by atoms with Crippen LogP contribution in [-0.2, 0) is 11.2 Å². The molecule has 2 aromatic carbocycles. The van der Waals surface area contributed by atoms with Crippen molar-refractivity contribution in [2.24, 2.45) is 0 Å². The van der Waals surface area contributed by atoms with E-state index in [1.165, 1.54) is 11.3 Å². The number of amides is 1. The fourth-order valence-electron chi connectivity index (χ4n) is 3.50. The molecular formula is C21H15Cl2N5O2S. The van der Waals surface area contributed by atoms with Crippen molar-refractivity contribution in [3.63, 3.8) is 0 Å². The molecule has 0 fully saturated rings. The Balaban J connectivity index is 1.41. The third-order valence-corrected chi connectivity index (χ3v) is 6.22. The summed E-state index contributed by atoms with van der Waals surface area (Å²) in [7, 11) is 0. The van der Waals surface area contributed by atoms with Gasteiger partial charge in [0.15, 0.2) is 5.58 Å². The lowest BCUT2D eigenvalue weighted by Gasteiger charge is -2.03. The molecule has 0 saturated heterocycles. The van der Waals surface area contributed by atoms with Gasteiger partial charge in [0.1, 0.15) is 5.69 Å². The van der Waals surface area contributed by atoms with Crippen molar-refractivity contribution >= 4 is 62.3 Å². The standard InChI is InChI=1S/C21H15Cl2N5O2S/c1-10-5-11(2)19-14(6-10)16(27-30-19)8-18(29)24-20-25-21-28(26-20)17(9-31-21)13-7-12(22)3-4-15(13)23/h3-7,9H,8H2,1-2H3,(H,24,26,29). The lowest BCUT2D eigenvalue weighted by Crippen LogP contribution is -2.16. The van der Waals surface area contributed by atoms with Crippen LogP contribution in [0.3, 0.4) is 0 Å². The van der Waals surface area contributed by atoms with Crippen molar-refractivity contribution < 1.29 is 9.32 Å². The number of aromatic nitrogens is 4. The van der Waals surface area contributed by atoms with Crippen molar-refractivity contribution in [3.8, 4) is 11.3 Å². The molecule has 5 rings (SSSR count). The van der Waals surface area contributed by atoms with Crippen molar-refractivity contribution in [1.29, 1.82) is 0 Å². The summed E-state index contributed by atoms with van der Waals surface area (Å²) in [5.41, 5.74) is 4.82. The molecule has 7 nitrogen and oxygen atoms in total. The molecule has 0 aliphatic carbocycles. The van der Waals surface area contributed by atoms with E-state index in [1.54, 1.807) is 22.7 Å². The van der Waals surface area contributed by atoms with Crippen LogP contribution in [0.1, 0.15) is 16.8 Å². The third kappa shape index (κ3) is 3.67. The molecule has 156 valence electrons. The van der Waals surface area contributed by atoms with Crippen molar-refractivity contribution in [2.45, 2.75) is 20.3 Å². The lowest BCUT2D eigenvalue weighted by molar-refractivity contribution is -0.115. The highest BCUT2D eigenvalue weighted by molar-refractivity contribution is 7.15. The summed E-state index contributed by atoms with van der Waals surface area (Å²) in [6.07, 6.45) is 0.0513. The first-order valence-corrected chi connectivity index (χ1v) is 11.0. The van der Waals surface area contributed by atoms with Crippen LogP contribution in [0.15, 0.2) is 40.2 Å². The molecule has 3 aromatic heterocycles. The fourth-order valence-corrected chi connectivity index (χ4v) is 4.71. The Morgan fingerprint density at radius 2 is 2.06 bits per heavy atom. The zero-order chi connectivity index (χ0) is 21.7. The number of nitrogens with zero attached hydrogens (tertiary/aromatic N) is 4. The molecule has 1 amide bonds. The largest absolute Gasteiger partial charge is 0.356 e. The van der Waals surface area contributed by atoms with Gasteiger partial charge in [-0.3, -0.25) is 10.1 Å². The van der Waals surface area contributed by atoms with Crippen LogP contribution >= 0.6 is 34.5 Å². The summed E-state index contributed by atoms with van der Waals surface area (Å²) in [5.74, 6) is -0.0774. The summed E-state index contributed by atoms with van der Waals surface area (Å²) in [6.45, 7) is 3.95. The number of hydrogen-bond acceptors (Lipinski definition) is 6. The number of carbonyl (C=O) groups is 1. The van der Waals surface area contributed by atoms with E-state index in [0.717, 1.165) is 27.8 Å². The van der Waals surface area contributed by atoms with Crippen LogP contribution in [0.2, 0.25) is 10.0 Å². The van der Waals surface area contributed by atoms with Crippen molar-refractivity contribution in [3.05, 3.63) is 62.6 Å². The van der Waals surface area contributed by atoms with Crippen LogP contribution in [0.25, 0.3) is 27.2 Å². The van der Waals surface area contributed by atoms with Gasteiger partial charge in [-0.1, -0.05) is 34.4 Å². The van der Waals surface area contributed by atoms with E-state index in [9.17, 15) is 4.79 Å². The second-order valence-electron chi connectivity index (χ2n) is 7.19. The monoisotopic (exact) mass is 471 g/mol. The van der Waals surface area contributed by atoms with Crippen LogP contribution in [0.4, 0.5) is 5.95 Å². The maximum absolute atomic E-state index is 12.6. The summed E-state index contributed by atoms with van der Waals surface area (Å²) in [5, 5.41) is 15.1. The minimum Gasteiger partial charge on any atom is -0.356 e. The number of fused-ring (bicyclic) bond motifs is 2. The number of thiazole rings is 1. The minimum atomic E-state index is -0.282. The third-order valence-electron chi connectivity index (χ3n) is 4.84. The van der Waals surface area contributed by atoms with Crippen LogP contribution < -0.4 is 5.32 Å². The van der Waals surface area contributed by atoms with E-state index < -0.39 is 0 Å². The second-order valence-corrected chi connectivity index (χ2v) is 8.87. The predicted molar refractivity (Wildman–Crippen MR) is 122 cm³/mol. The van der Waals surface area contributed by atoms with Crippen molar-refractivity contribution in [1.82, 2.24) is 19.8 Å². The van der Waals surface area contributed by atoms with E-state index in [0.29, 0.717) is 26.3 Å². The Bertz CT molecular complexity index is 1470. The highest BCUT2D eigenvalue weighted by atomic mass is 35.5. The van der Waals surface area contributed by atoms with Crippen LogP contribution in [-0.4, -0.2) is 25.7 Å². The summed E-state index contributed by atoms with van der Waals surface area (Å²) >= 11 is 13.8. The predicted octanol–water partition coefficient (Wildman–Crippen LogP) is 5.70. The first kappa shape index (κ1) is 20.0. The van der Waals surface area contributed by atoms with Gasteiger partial charge in [0, 0.05) is 21.4 Å². The molecule has 5 aromatic rings. The number of halogens is 2. The SMILES string of the molecule is Cc1cc(C)c2onc(CC(=O)Nc3nc4scc(-c5cc(Cl)ccc5Cl)n4n3)c2c1. The Labute approximate surface area is 190 Å². The maximum atomic E-state index is 12.6. The smallest absolute Gasteiger partial charge is 0.250 e. The summed E-state index contributed by atoms with van der Waals surface area (Å²) in [6, 6.07) is 9.20. The average molecular weight is 472 g/mol. The lowest BCUT2D eigenvalue weighted by atomic mass is 10.1. The quantitative estimate of drug-likeness (QED) is 0.363. The molecule has 0 atom stereocenters. The Hall–Kier alpha value is -2.94. The molecule has 3 heterocycles. The van der Waals surface area contributed by atoms with E-state index in [2.05, 4.69) is 20.6 Å². The van der Waals surface area contributed by atoms with E-state index in [-0.39, 0.29) is 18.3 Å². The Morgan fingerprint density at radius 1 is 1.23 bits per heavy atom. The fraction of sp³-hybridized carbons (Fsp3) is 0.143. The molecular weight excluding hydrogens is 457 g/mol. The minimum absolute atomic E-state index is 0.0513. The molecule has 31 heavy (non-hydrogen) atoms. The molecule has 0 spiro atoms. The number of aryl methyl sites for hydroxylation is 2. The first-order chi connectivity index (χ1) is 14.9. The zero-order valence-corrected chi connectivity index (χ0v) is 18.8. The molecule has 0 saturated carbocycles. The van der Waals surface area contributed by atoms with Gasteiger partial charge in [-0.25, -0.2) is 4.52 Å². The van der Waals surface area contributed by atoms with E-state index in [4.69, 9.17) is 27.7 Å². The number of carbonyl (C=O) groups excluding carboxylic acids is 1. The molecule has 0 bridgehead atoms. The van der Waals surface area contributed by atoms with E-state index in [1.807, 2.05) is 31.4 Å². The number of rotatable bonds is 4. The number of anilines is 1. The molecule has 10 heteroatoms. The highest BCUT2D eigenvalue weighted by Crippen LogP contribution is 2.33. The Kier molecular flexibility index (Phi) is 4.92. The molecule has 0 unspecified atom stereocenters. The average Bonchev–Trinajstić information content (AvgIpc) is 3.39. The van der Waals surface area contributed by atoms with Gasteiger partial charge in [0.25, 0.3) is 0 Å². The zero-order valence-electron chi connectivity index (χ0n) is 16.4. The number of hydrogen-bond donors (Lipinski definition) is 1. The molecule has 1 N–H and O–H groups in total. The topological polar surface area (TPSA) is 85.3 Å². The normalized spacial score (nSPS) is 11.5. The van der Waals surface area contributed by atoms with E-state index >= 15 is 0 Å². The van der Waals surface area contributed by atoms with Gasteiger partial charge < -0.3 is 4.52 Å². The first-order valence-electron chi connectivity index (χ1n) is 9.34. The summed E-state index contributed by atoms with van der Waals surface area (Å²) in [4.78, 5) is 17.6. The van der Waals surface area contributed by atoms with Gasteiger partial charge in [-0.15, -0.1) is 16.4 Å². The Morgan fingerprint density at radius 3 is 2.90 bits per heavy atom. The highest BCUT2D eigenvalue weighted by Gasteiger charge is 2.18. The van der Waals surface area contributed by atoms with Crippen LogP contribution in [0.5, 0.6) is 0 Å². The van der Waals surface area contributed by atoms with Gasteiger partial charge in [-0.05, 0) is 49.2 Å². The summed E-state index contributed by atoms with van der Waals surface area (Å²) < 4.78 is 7.06. The van der Waals surface area contributed by atoms with Gasteiger partial charge in [0.2, 0.25) is 16.8 Å². The molecule has 0 aliphatic rings. The number of benzene rings is 2.